The van der Waals surface area contributed by atoms with Gasteiger partial charge < -0.3 is 9.84 Å². The minimum atomic E-state index is -0.148. The minimum absolute atomic E-state index is 0.148. The molecule has 0 saturated carbocycles. The van der Waals surface area contributed by atoms with Gasteiger partial charge in [-0.25, -0.2) is 0 Å². The summed E-state index contributed by atoms with van der Waals surface area (Å²) in [4.78, 5) is 0. The van der Waals surface area contributed by atoms with E-state index in [-0.39, 0.29) is 6.10 Å². The van der Waals surface area contributed by atoms with E-state index in [1.165, 1.54) is 0 Å². The highest BCUT2D eigenvalue weighted by Crippen LogP contribution is 1.84. The summed E-state index contributed by atoms with van der Waals surface area (Å²) in [5.74, 6) is 2.43. The van der Waals surface area contributed by atoms with E-state index in [1.54, 1.807) is 13.0 Å². The lowest BCUT2D eigenvalue weighted by molar-refractivity contribution is 0.115. The number of aliphatic hydroxyl groups is 1. The lowest BCUT2D eigenvalue weighted by atomic mass is 10.4. The summed E-state index contributed by atoms with van der Waals surface area (Å²) in [7, 11) is 0. The van der Waals surface area contributed by atoms with Crippen LogP contribution < -0.4 is 0 Å². The summed E-state index contributed by atoms with van der Waals surface area (Å²) in [6.45, 7) is 4.30. The number of rotatable bonds is 2. The Hall–Kier alpha value is -0.680. The predicted octanol–water partition coefficient (Wildman–Crippen LogP) is 0.745. The van der Waals surface area contributed by atoms with E-state index in [2.05, 4.69) is 5.92 Å². The molecule has 0 spiro atoms. The fourth-order valence-electron chi connectivity index (χ4n) is 0.383. The highest BCUT2D eigenvalue weighted by molar-refractivity contribution is 4.96. The van der Waals surface area contributed by atoms with E-state index in [9.17, 15) is 0 Å². The maximum absolute atomic E-state index is 8.02. The van der Waals surface area contributed by atoms with Gasteiger partial charge in [-0.2, -0.15) is 0 Å². The Balaban J connectivity index is 3.27. The molecule has 2 heteroatoms. The number of hydrogen-bond acceptors (Lipinski definition) is 2. The highest BCUT2D eigenvalue weighted by Gasteiger charge is 1.90. The van der Waals surface area contributed by atoms with Gasteiger partial charge in [0.05, 0.1) is 0 Å². The zero-order chi connectivity index (χ0) is 6.41. The monoisotopic (exact) mass is 114 g/mol. The average molecular weight is 114 g/mol. The van der Waals surface area contributed by atoms with Crippen LogP contribution >= 0.6 is 0 Å². The molecule has 0 radical (unpaired) electrons. The molecule has 0 aliphatic carbocycles. The van der Waals surface area contributed by atoms with E-state index < -0.39 is 0 Å². The Kier molecular flexibility index (Phi) is 4.10. The lowest BCUT2D eigenvalue weighted by Crippen LogP contribution is -2.03. The maximum atomic E-state index is 8.02. The molecule has 0 rings (SSSR count). The molecule has 0 fully saturated rings. The summed E-state index contributed by atoms with van der Waals surface area (Å²) in [5, 5.41) is 8.02. The van der Waals surface area contributed by atoms with E-state index in [0.29, 0.717) is 6.61 Å². The first-order valence-corrected chi connectivity index (χ1v) is 2.57. The van der Waals surface area contributed by atoms with Gasteiger partial charge in [-0.05, 0) is 19.8 Å². The molecule has 0 aromatic rings. The highest BCUT2D eigenvalue weighted by atomic mass is 16.5. The van der Waals surface area contributed by atoms with Crippen LogP contribution in [0.3, 0.4) is 0 Å². The number of aliphatic hydroxyl groups excluding tert-OH is 1. The summed E-state index contributed by atoms with van der Waals surface area (Å²) < 4.78 is 4.95. The van der Waals surface area contributed by atoms with Gasteiger partial charge in [-0.3, -0.25) is 0 Å². The SMILES string of the molecule is CCOC(C)C#CO. The first-order chi connectivity index (χ1) is 3.81. The van der Waals surface area contributed by atoms with Crippen LogP contribution in [0.5, 0.6) is 0 Å². The molecule has 1 N–H and O–H groups in total. The van der Waals surface area contributed by atoms with Crippen LogP contribution in [0.1, 0.15) is 13.8 Å². The quantitative estimate of drug-likeness (QED) is 0.536. The van der Waals surface area contributed by atoms with Crippen molar-refractivity contribution < 1.29 is 9.84 Å². The van der Waals surface area contributed by atoms with Crippen molar-refractivity contribution >= 4 is 0 Å². The molecule has 0 aliphatic heterocycles. The molecular formula is C6H10O2. The number of hydrogen-bond donors (Lipinski definition) is 1. The second kappa shape index (κ2) is 4.48. The van der Waals surface area contributed by atoms with E-state index >= 15 is 0 Å². The van der Waals surface area contributed by atoms with Crippen molar-refractivity contribution in [2.45, 2.75) is 20.0 Å². The van der Waals surface area contributed by atoms with Crippen molar-refractivity contribution in [2.75, 3.05) is 6.61 Å². The molecular weight excluding hydrogens is 104 g/mol. The van der Waals surface area contributed by atoms with Crippen molar-refractivity contribution in [3.63, 3.8) is 0 Å². The molecule has 0 bridgehead atoms. The summed E-state index contributed by atoms with van der Waals surface area (Å²) in [5.41, 5.74) is 0. The van der Waals surface area contributed by atoms with Gasteiger partial charge in [0.1, 0.15) is 12.2 Å². The maximum Gasteiger partial charge on any atom is 0.118 e. The molecule has 0 aliphatic rings. The molecule has 1 unspecified atom stereocenters. The molecule has 0 aromatic carbocycles. The molecule has 0 heterocycles. The molecule has 1 atom stereocenters. The van der Waals surface area contributed by atoms with Crippen LogP contribution in [0.2, 0.25) is 0 Å². The Bertz CT molecular complexity index is 98.8. The topological polar surface area (TPSA) is 29.5 Å². The van der Waals surface area contributed by atoms with Gasteiger partial charge in [0.15, 0.2) is 0 Å². The predicted molar refractivity (Wildman–Crippen MR) is 30.8 cm³/mol. The fraction of sp³-hybridized carbons (Fsp3) is 0.667. The van der Waals surface area contributed by atoms with Gasteiger partial charge in [0, 0.05) is 6.61 Å². The van der Waals surface area contributed by atoms with E-state index in [1.807, 2.05) is 6.92 Å². The van der Waals surface area contributed by atoms with Gasteiger partial charge in [0.2, 0.25) is 0 Å². The van der Waals surface area contributed by atoms with Crippen LogP contribution in [0, 0.1) is 12.0 Å². The molecule has 46 valence electrons. The normalized spacial score (nSPS) is 11.8. The Morgan fingerprint density at radius 2 is 2.38 bits per heavy atom. The van der Waals surface area contributed by atoms with Gasteiger partial charge in [-0.15, -0.1) is 0 Å². The lowest BCUT2D eigenvalue weighted by Gasteiger charge is -1.99. The van der Waals surface area contributed by atoms with Crippen LogP contribution in [-0.4, -0.2) is 17.8 Å². The first-order valence-electron chi connectivity index (χ1n) is 2.57. The average Bonchev–Trinajstić information content (AvgIpc) is 1.68. The molecule has 0 aromatic heterocycles. The Morgan fingerprint density at radius 1 is 1.75 bits per heavy atom. The standard InChI is InChI=1S/C6H10O2/c1-3-8-6(2)4-5-7/h6-7H,3H2,1-2H3. The van der Waals surface area contributed by atoms with Crippen LogP contribution in [0.15, 0.2) is 0 Å². The summed E-state index contributed by atoms with van der Waals surface area (Å²) in [6, 6.07) is 0. The first kappa shape index (κ1) is 7.32. The summed E-state index contributed by atoms with van der Waals surface area (Å²) >= 11 is 0. The third-order valence-corrected chi connectivity index (χ3v) is 0.684. The van der Waals surface area contributed by atoms with Crippen LogP contribution in [0.25, 0.3) is 0 Å². The van der Waals surface area contributed by atoms with Gasteiger partial charge in [-0.1, -0.05) is 0 Å². The zero-order valence-electron chi connectivity index (χ0n) is 5.14. The molecule has 0 amide bonds. The third kappa shape index (κ3) is 3.51. The van der Waals surface area contributed by atoms with Crippen LogP contribution in [-0.2, 0) is 4.74 Å². The van der Waals surface area contributed by atoms with Crippen LogP contribution in [0.4, 0.5) is 0 Å². The largest absolute Gasteiger partial charge is 0.462 e. The van der Waals surface area contributed by atoms with E-state index in [4.69, 9.17) is 9.84 Å². The van der Waals surface area contributed by atoms with Crippen molar-refractivity contribution in [1.82, 2.24) is 0 Å². The smallest absolute Gasteiger partial charge is 0.118 e. The molecule has 8 heavy (non-hydrogen) atoms. The third-order valence-electron chi connectivity index (χ3n) is 0.684. The van der Waals surface area contributed by atoms with Gasteiger partial charge in [0.25, 0.3) is 0 Å². The second-order valence-corrected chi connectivity index (χ2v) is 1.35. The van der Waals surface area contributed by atoms with Gasteiger partial charge >= 0.3 is 0 Å². The molecule has 0 saturated heterocycles. The number of ether oxygens (including phenoxy) is 1. The van der Waals surface area contributed by atoms with Crippen molar-refractivity contribution in [3.8, 4) is 12.0 Å². The second-order valence-electron chi connectivity index (χ2n) is 1.35. The minimum Gasteiger partial charge on any atom is -0.462 e. The van der Waals surface area contributed by atoms with Crippen molar-refractivity contribution in [2.24, 2.45) is 0 Å². The zero-order valence-corrected chi connectivity index (χ0v) is 5.14. The molecule has 2 nitrogen and oxygen atoms in total. The fourth-order valence-corrected chi connectivity index (χ4v) is 0.383. The summed E-state index contributed by atoms with van der Waals surface area (Å²) in [6.07, 6.45) is 1.63. The van der Waals surface area contributed by atoms with Crippen molar-refractivity contribution in [3.05, 3.63) is 0 Å². The van der Waals surface area contributed by atoms with E-state index in [0.717, 1.165) is 0 Å². The Morgan fingerprint density at radius 3 is 2.75 bits per heavy atom. The van der Waals surface area contributed by atoms with Crippen molar-refractivity contribution in [1.29, 1.82) is 0 Å². The Labute approximate surface area is 49.5 Å².